The molecule has 182 valence electrons. The molecule has 0 saturated heterocycles. The van der Waals surface area contributed by atoms with Crippen LogP contribution in [0.4, 0.5) is 11.4 Å². The lowest BCUT2D eigenvalue weighted by Crippen LogP contribution is -2.53. The molecular weight excluding hydrogens is 408 g/mol. The van der Waals surface area contributed by atoms with E-state index in [1.165, 1.54) is 0 Å². The highest BCUT2D eigenvalue weighted by Gasteiger charge is 2.44. The van der Waals surface area contributed by atoms with E-state index >= 15 is 0 Å². The zero-order valence-electron chi connectivity index (χ0n) is 20.3. The fourth-order valence-electron chi connectivity index (χ4n) is 4.07. The summed E-state index contributed by atoms with van der Waals surface area (Å²) in [5.74, 6) is 0. The molecule has 0 aliphatic heterocycles. The average molecular weight is 451 g/mol. The van der Waals surface area contributed by atoms with Crippen LogP contribution in [0.3, 0.4) is 0 Å². The fraction of sp³-hybridized carbons (Fsp3) is 0.750. The second kappa shape index (κ2) is 13.2. The van der Waals surface area contributed by atoms with Gasteiger partial charge in [-0.2, -0.15) is 0 Å². The van der Waals surface area contributed by atoms with Crippen molar-refractivity contribution in [1.29, 1.82) is 0 Å². The first-order valence-electron chi connectivity index (χ1n) is 12.0. The van der Waals surface area contributed by atoms with Gasteiger partial charge in [0.1, 0.15) is 0 Å². The molecule has 8 heteroatoms. The zero-order valence-corrected chi connectivity index (χ0v) is 20.3. The molecule has 0 radical (unpaired) electrons. The number of nitrogens with zero attached hydrogens (tertiary/aromatic N) is 3. The van der Waals surface area contributed by atoms with Crippen molar-refractivity contribution in [2.75, 3.05) is 23.7 Å². The van der Waals surface area contributed by atoms with Gasteiger partial charge in [0.15, 0.2) is 0 Å². The Bertz CT molecular complexity index is 674. The van der Waals surface area contributed by atoms with Crippen LogP contribution in [-0.2, 0) is 0 Å². The van der Waals surface area contributed by atoms with Crippen LogP contribution in [0.25, 0.3) is 0 Å². The van der Waals surface area contributed by atoms with E-state index in [9.17, 15) is 20.2 Å². The van der Waals surface area contributed by atoms with Gasteiger partial charge in [-0.25, -0.2) is 0 Å². The number of nitrogens with two attached hydrogens (primary N) is 1. The van der Waals surface area contributed by atoms with Crippen LogP contribution < -0.4 is 10.6 Å². The third kappa shape index (κ3) is 8.63. The fourth-order valence-corrected chi connectivity index (χ4v) is 4.07. The van der Waals surface area contributed by atoms with E-state index in [1.807, 2.05) is 4.90 Å². The molecule has 0 aromatic heterocycles. The van der Waals surface area contributed by atoms with E-state index in [2.05, 4.69) is 13.8 Å². The van der Waals surface area contributed by atoms with Crippen molar-refractivity contribution < 1.29 is 9.85 Å². The summed E-state index contributed by atoms with van der Waals surface area (Å²) in [5.41, 5.74) is 4.77. The highest BCUT2D eigenvalue weighted by molar-refractivity contribution is 5.53. The summed E-state index contributed by atoms with van der Waals surface area (Å²) >= 11 is 0. The van der Waals surface area contributed by atoms with E-state index in [-0.39, 0.29) is 22.9 Å². The van der Waals surface area contributed by atoms with Gasteiger partial charge >= 0.3 is 0 Å². The molecule has 2 unspecified atom stereocenters. The molecule has 0 spiro atoms. The summed E-state index contributed by atoms with van der Waals surface area (Å²) in [6, 6.07) is 7.06. The summed E-state index contributed by atoms with van der Waals surface area (Å²) < 4.78 is 0. The van der Waals surface area contributed by atoms with E-state index in [0.717, 1.165) is 57.1 Å². The molecule has 1 rings (SSSR count). The lowest BCUT2D eigenvalue weighted by atomic mass is 9.90. The van der Waals surface area contributed by atoms with Gasteiger partial charge < -0.3 is 10.6 Å². The minimum Gasteiger partial charge on any atom is -0.399 e. The third-order valence-electron chi connectivity index (χ3n) is 6.34. The first-order valence-corrected chi connectivity index (χ1v) is 12.0. The smallest absolute Gasteiger partial charge is 0.236 e. The Morgan fingerprint density at radius 2 is 1.19 bits per heavy atom. The minimum atomic E-state index is -1.19. The Morgan fingerprint density at radius 3 is 1.53 bits per heavy atom. The number of anilines is 2. The number of nitrogen functional groups attached to an aromatic ring is 1. The topological polar surface area (TPSA) is 116 Å². The molecule has 1 aromatic rings. The summed E-state index contributed by atoms with van der Waals surface area (Å²) in [5, 5.41) is 24.1. The van der Waals surface area contributed by atoms with E-state index < -0.39 is 11.1 Å². The molecule has 0 fully saturated rings. The Morgan fingerprint density at radius 1 is 0.781 bits per heavy atom. The SMILES string of the molecule is CCCCCCC(C)(CN(CC(C)(CCCCCC)[N+](=O)[O-])c1ccc(N)cc1)[N+](=O)[O-]. The predicted molar refractivity (Wildman–Crippen MR) is 131 cm³/mol. The normalized spacial score (nSPS) is 15.0. The minimum absolute atomic E-state index is 0.119. The first kappa shape index (κ1) is 27.7. The van der Waals surface area contributed by atoms with Gasteiger partial charge in [0.2, 0.25) is 11.1 Å². The summed E-state index contributed by atoms with van der Waals surface area (Å²) in [6.45, 7) is 7.77. The van der Waals surface area contributed by atoms with Crippen LogP contribution >= 0.6 is 0 Å². The molecule has 1 aromatic carbocycles. The van der Waals surface area contributed by atoms with Gasteiger partial charge in [-0.15, -0.1) is 0 Å². The van der Waals surface area contributed by atoms with E-state index in [4.69, 9.17) is 5.73 Å². The number of hydrogen-bond acceptors (Lipinski definition) is 6. The van der Waals surface area contributed by atoms with E-state index in [1.54, 1.807) is 38.1 Å². The second-order valence-electron chi connectivity index (χ2n) is 9.58. The molecule has 0 amide bonds. The number of nitro groups is 2. The molecule has 0 saturated carbocycles. The molecule has 2 atom stereocenters. The lowest BCUT2D eigenvalue weighted by Gasteiger charge is -2.35. The largest absolute Gasteiger partial charge is 0.399 e. The molecule has 0 aliphatic rings. The van der Waals surface area contributed by atoms with Gasteiger partial charge in [-0.1, -0.05) is 52.4 Å². The Hall–Kier alpha value is -2.38. The molecule has 2 N–H and O–H groups in total. The van der Waals surface area contributed by atoms with Crippen LogP contribution in [0, 0.1) is 20.2 Å². The maximum Gasteiger partial charge on any atom is 0.236 e. The van der Waals surface area contributed by atoms with Crippen molar-refractivity contribution in [2.24, 2.45) is 0 Å². The Kier molecular flexibility index (Phi) is 11.4. The summed E-state index contributed by atoms with van der Waals surface area (Å²) in [4.78, 5) is 25.5. The molecule has 0 heterocycles. The zero-order chi connectivity index (χ0) is 24.2. The maximum absolute atomic E-state index is 12.1. The number of benzene rings is 1. The molecular formula is C24H42N4O4. The second-order valence-corrected chi connectivity index (χ2v) is 9.58. The quantitative estimate of drug-likeness (QED) is 0.133. The summed E-state index contributed by atoms with van der Waals surface area (Å²) in [7, 11) is 0. The van der Waals surface area contributed by atoms with Crippen molar-refractivity contribution in [3.63, 3.8) is 0 Å². The Balaban J connectivity index is 3.16. The highest BCUT2D eigenvalue weighted by Crippen LogP contribution is 2.29. The van der Waals surface area contributed by atoms with Gasteiger partial charge in [0.25, 0.3) is 0 Å². The first-order chi connectivity index (χ1) is 15.1. The van der Waals surface area contributed by atoms with Crippen molar-refractivity contribution in [2.45, 2.75) is 103 Å². The lowest BCUT2D eigenvalue weighted by molar-refractivity contribution is -0.568. The van der Waals surface area contributed by atoms with Crippen LogP contribution in [0.2, 0.25) is 0 Å². The average Bonchev–Trinajstić information content (AvgIpc) is 2.74. The van der Waals surface area contributed by atoms with Gasteiger partial charge in [0, 0.05) is 47.9 Å². The standard InChI is InChI=1S/C24H42N4O4/c1-5-7-9-11-17-23(3,27(29)30)19-26(22-15-13-21(25)14-16-22)20-24(4,28(31)32)18-12-10-8-6-2/h13-16H,5-12,17-20,25H2,1-4H3. The van der Waals surface area contributed by atoms with E-state index in [0.29, 0.717) is 18.5 Å². The van der Waals surface area contributed by atoms with Crippen LogP contribution in [0.15, 0.2) is 24.3 Å². The van der Waals surface area contributed by atoms with Crippen molar-refractivity contribution in [3.8, 4) is 0 Å². The summed E-state index contributed by atoms with van der Waals surface area (Å²) in [6.07, 6.45) is 8.54. The van der Waals surface area contributed by atoms with Crippen molar-refractivity contribution in [3.05, 3.63) is 44.5 Å². The maximum atomic E-state index is 12.1. The van der Waals surface area contributed by atoms with Gasteiger partial charge in [-0.05, 0) is 37.1 Å². The van der Waals surface area contributed by atoms with Gasteiger partial charge in [-0.3, -0.25) is 20.2 Å². The third-order valence-corrected chi connectivity index (χ3v) is 6.34. The van der Waals surface area contributed by atoms with Crippen LogP contribution in [-0.4, -0.2) is 34.0 Å². The van der Waals surface area contributed by atoms with Crippen molar-refractivity contribution in [1.82, 2.24) is 0 Å². The predicted octanol–water partition coefficient (Wildman–Crippen LogP) is 6.09. The molecule has 8 nitrogen and oxygen atoms in total. The Labute approximate surface area is 192 Å². The van der Waals surface area contributed by atoms with Gasteiger partial charge in [0.05, 0.1) is 13.1 Å². The molecule has 0 bridgehead atoms. The van der Waals surface area contributed by atoms with Crippen LogP contribution in [0.5, 0.6) is 0 Å². The number of rotatable bonds is 17. The monoisotopic (exact) mass is 450 g/mol. The van der Waals surface area contributed by atoms with Crippen molar-refractivity contribution >= 4 is 11.4 Å². The molecule has 32 heavy (non-hydrogen) atoms. The molecule has 0 aliphatic carbocycles. The van der Waals surface area contributed by atoms with Crippen LogP contribution in [0.1, 0.15) is 91.9 Å². The number of hydrogen-bond donors (Lipinski definition) is 1. The highest BCUT2D eigenvalue weighted by atomic mass is 16.6. The number of unbranched alkanes of at least 4 members (excludes halogenated alkanes) is 6.